The van der Waals surface area contributed by atoms with E-state index in [2.05, 4.69) is 5.32 Å². The number of rotatable bonds is 9. The minimum atomic E-state index is -3.88. The number of sulfonamides is 1. The first-order valence-corrected chi connectivity index (χ1v) is 13.8. The minimum absolute atomic E-state index is 0.0957. The molecule has 192 valence electrons. The summed E-state index contributed by atoms with van der Waals surface area (Å²) in [5.74, 6) is -0.839. The lowest BCUT2D eigenvalue weighted by atomic mass is 10.1. The zero-order valence-electron chi connectivity index (χ0n) is 20.9. The second kappa shape index (κ2) is 11.6. The SMILES string of the molecule is CCC(C(=O)NC(C)(C)C)N(Cc1ccc(C)cc1)C(=O)CN(c1ccc(Cl)cc1Cl)S(C)(=O)=O. The highest BCUT2D eigenvalue weighted by molar-refractivity contribution is 7.92. The van der Waals surface area contributed by atoms with Gasteiger partial charge in [-0.15, -0.1) is 0 Å². The summed E-state index contributed by atoms with van der Waals surface area (Å²) in [6.07, 6.45) is 1.35. The van der Waals surface area contributed by atoms with Gasteiger partial charge in [0.25, 0.3) is 0 Å². The molecule has 0 saturated carbocycles. The lowest BCUT2D eigenvalue weighted by molar-refractivity contribution is -0.141. The Morgan fingerprint density at radius 1 is 1.06 bits per heavy atom. The van der Waals surface area contributed by atoms with E-state index in [0.29, 0.717) is 11.4 Å². The van der Waals surface area contributed by atoms with Crippen LogP contribution in [-0.4, -0.2) is 49.5 Å². The average molecular weight is 543 g/mol. The fraction of sp³-hybridized carbons (Fsp3) is 0.440. The number of benzene rings is 2. The summed E-state index contributed by atoms with van der Waals surface area (Å²) in [7, 11) is -3.88. The van der Waals surface area contributed by atoms with E-state index in [9.17, 15) is 18.0 Å². The van der Waals surface area contributed by atoms with Crippen molar-refractivity contribution >= 4 is 50.7 Å². The molecule has 10 heteroatoms. The predicted octanol–water partition coefficient (Wildman–Crippen LogP) is 4.79. The minimum Gasteiger partial charge on any atom is -0.350 e. The molecule has 0 spiro atoms. The average Bonchev–Trinajstić information content (AvgIpc) is 2.71. The van der Waals surface area contributed by atoms with Gasteiger partial charge in [0.05, 0.1) is 17.0 Å². The van der Waals surface area contributed by atoms with Gasteiger partial charge in [0.2, 0.25) is 21.8 Å². The summed E-state index contributed by atoms with van der Waals surface area (Å²) >= 11 is 12.2. The van der Waals surface area contributed by atoms with Crippen LogP contribution in [0.4, 0.5) is 5.69 Å². The molecular weight excluding hydrogens is 509 g/mol. The Morgan fingerprint density at radius 3 is 2.14 bits per heavy atom. The topological polar surface area (TPSA) is 86.8 Å². The van der Waals surface area contributed by atoms with Crippen molar-refractivity contribution in [3.63, 3.8) is 0 Å². The van der Waals surface area contributed by atoms with Crippen LogP contribution in [0.2, 0.25) is 10.0 Å². The third-order valence-corrected chi connectivity index (χ3v) is 6.88. The smallest absolute Gasteiger partial charge is 0.244 e. The van der Waals surface area contributed by atoms with Crippen molar-refractivity contribution in [3.05, 3.63) is 63.6 Å². The van der Waals surface area contributed by atoms with Gasteiger partial charge < -0.3 is 10.2 Å². The molecule has 35 heavy (non-hydrogen) atoms. The van der Waals surface area contributed by atoms with Crippen LogP contribution in [0.3, 0.4) is 0 Å². The van der Waals surface area contributed by atoms with Gasteiger partial charge in [-0.25, -0.2) is 8.42 Å². The van der Waals surface area contributed by atoms with Gasteiger partial charge in [0.1, 0.15) is 12.6 Å². The van der Waals surface area contributed by atoms with Crippen molar-refractivity contribution in [1.29, 1.82) is 0 Å². The standard InChI is InChI=1S/C25H33Cl2N3O4S/c1-7-21(24(32)28-25(3,4)5)29(15-18-10-8-17(2)9-11-18)23(31)16-30(35(6,33)34)22-13-12-19(26)14-20(22)27/h8-14,21H,7,15-16H2,1-6H3,(H,28,32). The molecule has 0 aliphatic carbocycles. The Balaban J connectivity index is 2.48. The van der Waals surface area contributed by atoms with Crippen LogP contribution in [0.15, 0.2) is 42.5 Å². The second-order valence-corrected chi connectivity index (χ2v) is 12.3. The fourth-order valence-electron chi connectivity index (χ4n) is 3.54. The van der Waals surface area contributed by atoms with Crippen LogP contribution >= 0.6 is 23.2 Å². The van der Waals surface area contributed by atoms with Gasteiger partial charge in [0.15, 0.2) is 0 Å². The molecule has 0 saturated heterocycles. The van der Waals surface area contributed by atoms with Gasteiger partial charge in [-0.1, -0.05) is 60.0 Å². The van der Waals surface area contributed by atoms with Gasteiger partial charge in [-0.05, 0) is 57.9 Å². The van der Waals surface area contributed by atoms with E-state index < -0.39 is 34.1 Å². The van der Waals surface area contributed by atoms with Crippen LogP contribution in [0.1, 0.15) is 45.2 Å². The van der Waals surface area contributed by atoms with Crippen molar-refractivity contribution in [2.45, 2.75) is 59.2 Å². The maximum atomic E-state index is 13.7. The van der Waals surface area contributed by atoms with E-state index >= 15 is 0 Å². The van der Waals surface area contributed by atoms with Gasteiger partial charge in [-0.3, -0.25) is 13.9 Å². The van der Waals surface area contributed by atoms with E-state index in [1.54, 1.807) is 0 Å². The highest BCUT2D eigenvalue weighted by atomic mass is 35.5. The molecule has 0 aliphatic heterocycles. The predicted molar refractivity (Wildman–Crippen MR) is 142 cm³/mol. The van der Waals surface area contributed by atoms with Gasteiger partial charge in [-0.2, -0.15) is 0 Å². The molecule has 0 radical (unpaired) electrons. The first-order valence-electron chi connectivity index (χ1n) is 11.2. The summed E-state index contributed by atoms with van der Waals surface area (Å²) in [5.41, 5.74) is 1.51. The number of amides is 2. The first kappa shape index (κ1) is 28.9. The molecule has 2 aromatic carbocycles. The number of aryl methyl sites for hydroxylation is 1. The van der Waals surface area contributed by atoms with E-state index in [0.717, 1.165) is 21.7 Å². The molecule has 0 fully saturated rings. The number of carbonyl (C=O) groups excluding carboxylic acids is 2. The van der Waals surface area contributed by atoms with Crippen LogP contribution in [0.25, 0.3) is 0 Å². The number of anilines is 1. The normalized spacial score (nSPS) is 12.7. The van der Waals surface area contributed by atoms with Crippen LogP contribution in [-0.2, 0) is 26.2 Å². The maximum absolute atomic E-state index is 13.7. The fourth-order valence-corrected chi connectivity index (χ4v) is 4.96. The van der Waals surface area contributed by atoms with Crippen molar-refractivity contribution in [2.24, 2.45) is 0 Å². The number of hydrogen-bond donors (Lipinski definition) is 1. The molecule has 0 heterocycles. The summed E-state index contributed by atoms with van der Waals surface area (Å²) in [4.78, 5) is 28.2. The Bertz CT molecular complexity index is 1160. The van der Waals surface area contributed by atoms with E-state index in [4.69, 9.17) is 23.2 Å². The Hall–Kier alpha value is -2.29. The number of nitrogens with one attached hydrogen (secondary N) is 1. The number of nitrogens with zero attached hydrogens (tertiary/aromatic N) is 2. The molecule has 1 unspecified atom stereocenters. The largest absolute Gasteiger partial charge is 0.350 e. The first-order chi connectivity index (χ1) is 16.1. The number of hydrogen-bond acceptors (Lipinski definition) is 4. The lowest BCUT2D eigenvalue weighted by Crippen LogP contribution is -2.55. The molecular formula is C25H33Cl2N3O4S. The van der Waals surface area contributed by atoms with Crippen LogP contribution in [0, 0.1) is 6.92 Å². The van der Waals surface area contributed by atoms with Crippen molar-refractivity contribution in [2.75, 3.05) is 17.1 Å². The maximum Gasteiger partial charge on any atom is 0.244 e. The van der Waals surface area contributed by atoms with Gasteiger partial charge in [0, 0.05) is 17.1 Å². The molecule has 7 nitrogen and oxygen atoms in total. The third kappa shape index (κ3) is 8.40. The highest BCUT2D eigenvalue weighted by Gasteiger charge is 2.33. The summed E-state index contributed by atoms with van der Waals surface area (Å²) in [6.45, 7) is 8.96. The van der Waals surface area contributed by atoms with Crippen LogP contribution < -0.4 is 9.62 Å². The van der Waals surface area contributed by atoms with E-state index in [-0.39, 0.29) is 23.2 Å². The second-order valence-electron chi connectivity index (χ2n) is 9.54. The lowest BCUT2D eigenvalue weighted by Gasteiger charge is -2.34. The monoisotopic (exact) mass is 541 g/mol. The van der Waals surface area contributed by atoms with E-state index in [1.165, 1.54) is 23.1 Å². The Labute approximate surface area is 218 Å². The van der Waals surface area contributed by atoms with Crippen molar-refractivity contribution in [1.82, 2.24) is 10.2 Å². The number of carbonyl (C=O) groups is 2. The zero-order chi connectivity index (χ0) is 26.6. The van der Waals surface area contributed by atoms with Crippen molar-refractivity contribution < 1.29 is 18.0 Å². The molecule has 0 aromatic heterocycles. The summed E-state index contributed by atoms with van der Waals surface area (Å²) < 4.78 is 26.3. The highest BCUT2D eigenvalue weighted by Crippen LogP contribution is 2.30. The molecule has 2 amide bonds. The Morgan fingerprint density at radius 2 is 1.66 bits per heavy atom. The molecule has 1 atom stereocenters. The summed E-state index contributed by atoms with van der Waals surface area (Å²) in [5, 5.41) is 3.36. The molecule has 0 aliphatic rings. The molecule has 1 N–H and O–H groups in total. The van der Waals surface area contributed by atoms with E-state index in [1.807, 2.05) is 58.9 Å². The molecule has 0 bridgehead atoms. The van der Waals surface area contributed by atoms with Crippen LogP contribution in [0.5, 0.6) is 0 Å². The quantitative estimate of drug-likeness (QED) is 0.494. The van der Waals surface area contributed by atoms with Crippen molar-refractivity contribution in [3.8, 4) is 0 Å². The molecule has 2 rings (SSSR count). The van der Waals surface area contributed by atoms with Gasteiger partial charge >= 0.3 is 0 Å². The Kier molecular flexibility index (Phi) is 9.62. The zero-order valence-corrected chi connectivity index (χ0v) is 23.3. The molecule has 2 aromatic rings. The summed E-state index contributed by atoms with van der Waals surface area (Å²) in [6, 6.07) is 11.2. The number of halogens is 2. The third-order valence-electron chi connectivity index (χ3n) is 5.22.